The number of rotatable bonds is 2. The van der Waals surface area contributed by atoms with Gasteiger partial charge in [0.2, 0.25) is 0 Å². The normalized spacial score (nSPS) is 10.2. The van der Waals surface area contributed by atoms with Gasteiger partial charge in [-0.05, 0) is 18.2 Å². The maximum Gasteiger partial charge on any atom is 0.359 e. The highest BCUT2D eigenvalue weighted by atomic mass is 16.5. The van der Waals surface area contributed by atoms with E-state index in [0.29, 0.717) is 5.39 Å². The number of carbonyl (C=O) groups is 2. The lowest BCUT2D eigenvalue weighted by molar-refractivity contribution is 0.0577. The number of hydrogen-bond acceptors (Lipinski definition) is 7. The highest BCUT2D eigenvalue weighted by Crippen LogP contribution is 2.24. The third kappa shape index (κ3) is 2.17. The number of aromatic nitrogens is 2. The molecule has 0 fully saturated rings. The van der Waals surface area contributed by atoms with Crippen molar-refractivity contribution in [3.8, 4) is 5.75 Å². The number of phenols is 1. The number of carbonyl (C=O) groups excluding carboxylic acids is 2. The zero-order chi connectivity index (χ0) is 14.0. The minimum atomic E-state index is -0.709. The monoisotopic (exact) mass is 262 g/mol. The van der Waals surface area contributed by atoms with Crippen molar-refractivity contribution >= 4 is 22.7 Å². The van der Waals surface area contributed by atoms with E-state index in [1.807, 2.05) is 0 Å². The Morgan fingerprint density at radius 3 is 2.05 bits per heavy atom. The molecule has 0 radical (unpaired) electrons. The van der Waals surface area contributed by atoms with E-state index in [4.69, 9.17) is 0 Å². The molecule has 1 aromatic carbocycles. The molecule has 1 aromatic heterocycles. The van der Waals surface area contributed by atoms with Crippen LogP contribution < -0.4 is 0 Å². The summed E-state index contributed by atoms with van der Waals surface area (Å²) in [6.07, 6.45) is 0. The van der Waals surface area contributed by atoms with Gasteiger partial charge in [-0.2, -0.15) is 0 Å². The van der Waals surface area contributed by atoms with Gasteiger partial charge < -0.3 is 14.6 Å². The van der Waals surface area contributed by atoms with Gasteiger partial charge in [-0.1, -0.05) is 0 Å². The molecular weight excluding hydrogens is 252 g/mol. The highest BCUT2D eigenvalue weighted by Gasteiger charge is 2.20. The van der Waals surface area contributed by atoms with E-state index in [0.717, 1.165) is 0 Å². The first kappa shape index (κ1) is 12.7. The van der Waals surface area contributed by atoms with E-state index in [1.165, 1.54) is 32.4 Å². The molecule has 0 atom stereocenters. The van der Waals surface area contributed by atoms with Crippen LogP contribution in [-0.4, -0.2) is 41.5 Å². The summed E-state index contributed by atoms with van der Waals surface area (Å²) in [5, 5.41) is 17.4. The first-order valence-corrected chi connectivity index (χ1v) is 5.24. The first-order chi connectivity index (χ1) is 9.08. The molecule has 0 unspecified atom stereocenters. The fourth-order valence-corrected chi connectivity index (χ4v) is 1.64. The standard InChI is InChI=1S/C12H10N2O5/c1-18-11(16)9-7-4-3-6(15)5-8(7)10(14-13-9)12(17)19-2/h3-5,15H,1-2H3. The molecule has 0 aliphatic heterocycles. The lowest BCUT2D eigenvalue weighted by atomic mass is 10.1. The van der Waals surface area contributed by atoms with Crippen LogP contribution in [0.25, 0.3) is 10.8 Å². The molecule has 2 rings (SSSR count). The Labute approximate surface area is 107 Å². The Hall–Kier alpha value is -2.70. The van der Waals surface area contributed by atoms with E-state index in [2.05, 4.69) is 19.7 Å². The lowest BCUT2D eigenvalue weighted by Crippen LogP contribution is -2.12. The summed E-state index contributed by atoms with van der Waals surface area (Å²) in [6.45, 7) is 0. The fraction of sp³-hybridized carbons (Fsp3) is 0.167. The van der Waals surface area contributed by atoms with Crippen molar-refractivity contribution in [2.24, 2.45) is 0 Å². The summed E-state index contributed by atoms with van der Waals surface area (Å²) >= 11 is 0. The Balaban J connectivity index is 2.79. The molecule has 0 spiro atoms. The van der Waals surface area contributed by atoms with Crippen molar-refractivity contribution in [2.45, 2.75) is 0 Å². The van der Waals surface area contributed by atoms with Crippen LogP contribution in [0.15, 0.2) is 18.2 Å². The van der Waals surface area contributed by atoms with E-state index in [-0.39, 0.29) is 22.5 Å². The predicted molar refractivity (Wildman–Crippen MR) is 63.9 cm³/mol. The second-order valence-electron chi connectivity index (χ2n) is 3.61. The Bertz CT molecular complexity index is 668. The number of aromatic hydroxyl groups is 1. The predicted octanol–water partition coefficient (Wildman–Crippen LogP) is 0.909. The summed E-state index contributed by atoms with van der Waals surface area (Å²) < 4.78 is 9.15. The van der Waals surface area contributed by atoms with Gasteiger partial charge in [0.25, 0.3) is 0 Å². The number of phenolic OH excluding ortho intramolecular Hbond substituents is 1. The second-order valence-corrected chi connectivity index (χ2v) is 3.61. The third-order valence-electron chi connectivity index (χ3n) is 2.52. The molecule has 1 heterocycles. The Kier molecular flexibility index (Phi) is 3.28. The topological polar surface area (TPSA) is 98.6 Å². The van der Waals surface area contributed by atoms with E-state index in [1.54, 1.807) is 0 Å². The van der Waals surface area contributed by atoms with E-state index in [9.17, 15) is 14.7 Å². The number of nitrogens with zero attached hydrogens (tertiary/aromatic N) is 2. The van der Waals surface area contributed by atoms with Crippen LogP contribution in [-0.2, 0) is 9.47 Å². The molecule has 7 nitrogen and oxygen atoms in total. The van der Waals surface area contributed by atoms with Crippen LogP contribution in [0.4, 0.5) is 0 Å². The van der Waals surface area contributed by atoms with Gasteiger partial charge >= 0.3 is 11.9 Å². The smallest absolute Gasteiger partial charge is 0.359 e. The molecular formula is C12H10N2O5. The number of ether oxygens (including phenoxy) is 2. The number of methoxy groups -OCH3 is 2. The molecule has 0 bridgehead atoms. The van der Waals surface area contributed by atoms with Gasteiger partial charge in [-0.25, -0.2) is 9.59 Å². The van der Waals surface area contributed by atoms with Crippen molar-refractivity contribution in [1.82, 2.24) is 10.2 Å². The quantitative estimate of drug-likeness (QED) is 0.803. The summed E-state index contributed by atoms with van der Waals surface area (Å²) in [5.41, 5.74) is -0.119. The molecule has 0 saturated heterocycles. The van der Waals surface area contributed by atoms with Gasteiger partial charge in [0.1, 0.15) is 5.75 Å². The summed E-state index contributed by atoms with van der Waals surface area (Å²) in [4.78, 5) is 23.1. The number of hydrogen-bond donors (Lipinski definition) is 1. The van der Waals surface area contributed by atoms with Gasteiger partial charge in [0.05, 0.1) is 14.2 Å². The van der Waals surface area contributed by atoms with Crippen LogP contribution in [0, 0.1) is 0 Å². The van der Waals surface area contributed by atoms with Crippen LogP contribution in [0.3, 0.4) is 0 Å². The van der Waals surface area contributed by atoms with Gasteiger partial charge in [-0.3, -0.25) is 0 Å². The summed E-state index contributed by atoms with van der Waals surface area (Å²) in [6, 6.07) is 4.14. The van der Waals surface area contributed by atoms with Crippen LogP contribution >= 0.6 is 0 Å². The minimum absolute atomic E-state index is 0.0369. The van der Waals surface area contributed by atoms with Gasteiger partial charge in [0, 0.05) is 10.8 Å². The first-order valence-electron chi connectivity index (χ1n) is 5.24. The maximum atomic E-state index is 11.6. The molecule has 7 heteroatoms. The Morgan fingerprint density at radius 1 is 1.00 bits per heavy atom. The molecule has 1 N–H and O–H groups in total. The molecule has 0 saturated carbocycles. The zero-order valence-electron chi connectivity index (χ0n) is 10.2. The number of benzene rings is 1. The summed E-state index contributed by atoms with van der Waals surface area (Å²) in [7, 11) is 2.41. The van der Waals surface area contributed by atoms with Crippen molar-refractivity contribution in [2.75, 3.05) is 14.2 Å². The third-order valence-corrected chi connectivity index (χ3v) is 2.52. The van der Waals surface area contributed by atoms with Crippen LogP contribution in [0.2, 0.25) is 0 Å². The van der Waals surface area contributed by atoms with Gasteiger partial charge in [0.15, 0.2) is 11.4 Å². The van der Waals surface area contributed by atoms with Crippen LogP contribution in [0.1, 0.15) is 21.0 Å². The SMILES string of the molecule is COC(=O)c1nnc(C(=O)OC)c2cc(O)ccc12. The van der Waals surface area contributed by atoms with Crippen molar-refractivity contribution in [3.05, 3.63) is 29.6 Å². The van der Waals surface area contributed by atoms with Crippen LogP contribution in [0.5, 0.6) is 5.75 Å². The molecule has 98 valence electrons. The lowest BCUT2D eigenvalue weighted by Gasteiger charge is -2.07. The number of esters is 2. The molecule has 0 amide bonds. The largest absolute Gasteiger partial charge is 0.508 e. The van der Waals surface area contributed by atoms with Gasteiger partial charge in [-0.15, -0.1) is 10.2 Å². The second kappa shape index (κ2) is 4.89. The average molecular weight is 262 g/mol. The highest BCUT2D eigenvalue weighted by molar-refractivity contribution is 6.09. The minimum Gasteiger partial charge on any atom is -0.508 e. The fourth-order valence-electron chi connectivity index (χ4n) is 1.64. The van der Waals surface area contributed by atoms with E-state index >= 15 is 0 Å². The van der Waals surface area contributed by atoms with Crippen molar-refractivity contribution in [3.63, 3.8) is 0 Å². The maximum absolute atomic E-state index is 11.6. The number of fused-ring (bicyclic) bond motifs is 1. The summed E-state index contributed by atoms with van der Waals surface area (Å²) in [5.74, 6) is -1.46. The van der Waals surface area contributed by atoms with Crippen molar-refractivity contribution < 1.29 is 24.2 Å². The van der Waals surface area contributed by atoms with Crippen molar-refractivity contribution in [1.29, 1.82) is 0 Å². The molecule has 0 aliphatic carbocycles. The Morgan fingerprint density at radius 2 is 1.53 bits per heavy atom. The molecule has 2 aromatic rings. The zero-order valence-corrected chi connectivity index (χ0v) is 10.2. The van der Waals surface area contributed by atoms with E-state index < -0.39 is 11.9 Å². The molecule has 0 aliphatic rings. The average Bonchev–Trinajstić information content (AvgIpc) is 2.44. The molecule has 19 heavy (non-hydrogen) atoms.